The van der Waals surface area contributed by atoms with Crippen LogP contribution in [-0.2, 0) is 22.1 Å². The van der Waals surface area contributed by atoms with E-state index in [0.29, 0.717) is 19.8 Å². The zero-order valence-electron chi connectivity index (χ0n) is 15.4. The molecule has 0 aromatic rings. The van der Waals surface area contributed by atoms with E-state index in [2.05, 4.69) is 0 Å². The van der Waals surface area contributed by atoms with Crippen LogP contribution in [0.3, 0.4) is 0 Å². The third-order valence-corrected chi connectivity index (χ3v) is 5.68. The van der Waals surface area contributed by atoms with Gasteiger partial charge in [0, 0.05) is 31.0 Å². The fourth-order valence-electron chi connectivity index (χ4n) is 0.936. The molecule has 0 fully saturated rings. The van der Waals surface area contributed by atoms with E-state index >= 15 is 0 Å². The molecule has 0 aromatic heterocycles. The van der Waals surface area contributed by atoms with Crippen LogP contribution in [0.15, 0.2) is 0 Å². The molecule has 21 heavy (non-hydrogen) atoms. The Bertz CT molecular complexity index is 198. The molecule has 0 unspecified atom stereocenters. The molecule has 0 heterocycles. The highest BCUT2D eigenvalue weighted by Gasteiger charge is 2.14. The van der Waals surface area contributed by atoms with Crippen molar-refractivity contribution >= 4 is 19.5 Å². The van der Waals surface area contributed by atoms with Crippen LogP contribution in [0.4, 0.5) is 0 Å². The molecule has 0 amide bonds. The van der Waals surface area contributed by atoms with Crippen molar-refractivity contribution in [3.05, 3.63) is 0 Å². The maximum Gasteiger partial charge on any atom is 0.484 e. The predicted molar refractivity (Wildman–Crippen MR) is 92.2 cm³/mol. The molecular weight excluding hydrogens is 304 g/mol. The lowest BCUT2D eigenvalue weighted by atomic mass is 10.2. The fraction of sp³-hybridized carbons (Fsp3) is 1.00. The van der Waals surface area contributed by atoms with E-state index in [4.69, 9.17) is 22.1 Å². The summed E-state index contributed by atoms with van der Waals surface area (Å²) < 4.78 is 26.7. The van der Waals surface area contributed by atoms with Crippen molar-refractivity contribution < 1.29 is 22.1 Å². The van der Waals surface area contributed by atoms with Crippen LogP contribution in [0.2, 0.25) is 0 Å². The van der Waals surface area contributed by atoms with E-state index in [9.17, 15) is 0 Å². The first kappa shape index (κ1) is 23.5. The zero-order chi connectivity index (χ0) is 16.9. The van der Waals surface area contributed by atoms with Crippen LogP contribution in [0, 0.1) is 0 Å². The molecule has 0 aromatic carbocycles. The molecule has 0 aliphatic heterocycles. The van der Waals surface area contributed by atoms with Gasteiger partial charge in [-0.2, -0.15) is 0 Å². The molecule has 0 rings (SSSR count). The average molecular weight is 341 g/mol. The summed E-state index contributed by atoms with van der Waals surface area (Å²) in [5.41, 5.74) is -0.0883. The molecule has 0 atom stereocenters. The van der Waals surface area contributed by atoms with Crippen LogP contribution in [-0.4, -0.2) is 50.6 Å². The molecule has 0 saturated carbocycles. The van der Waals surface area contributed by atoms with Gasteiger partial charge in [-0.25, -0.2) is 0 Å². The molecular formula is C14H36O5Si2. The van der Waals surface area contributed by atoms with Crippen molar-refractivity contribution in [3.8, 4) is 0 Å². The minimum atomic E-state index is -1.73. The van der Waals surface area contributed by atoms with Crippen molar-refractivity contribution in [3.63, 3.8) is 0 Å². The second kappa shape index (κ2) is 12.7. The molecule has 0 aliphatic rings. The Morgan fingerprint density at radius 1 is 0.667 bits per heavy atom. The van der Waals surface area contributed by atoms with Gasteiger partial charge in [0.1, 0.15) is 0 Å². The first-order valence-electron chi connectivity index (χ1n) is 7.68. The average Bonchev–Trinajstić information content (AvgIpc) is 2.27. The molecule has 0 bridgehead atoms. The normalized spacial score (nSPS) is 12.3. The quantitative estimate of drug-likeness (QED) is 0.635. The van der Waals surface area contributed by atoms with Gasteiger partial charge in [-0.3, -0.25) is 0 Å². The Kier molecular flexibility index (Phi) is 14.3. The molecule has 130 valence electrons. The smallest absolute Gasteiger partial charge is 0.394 e. The van der Waals surface area contributed by atoms with Crippen LogP contribution in [0.25, 0.3) is 0 Å². The molecule has 0 radical (unpaired) electrons. The summed E-state index contributed by atoms with van der Waals surface area (Å²) in [7, 11) is -2.53. The largest absolute Gasteiger partial charge is 0.484 e. The highest BCUT2D eigenvalue weighted by atomic mass is 28.3. The predicted octanol–water partition coefficient (Wildman–Crippen LogP) is 2.43. The van der Waals surface area contributed by atoms with Crippen LogP contribution in [0.1, 0.15) is 62.3 Å². The van der Waals surface area contributed by atoms with Gasteiger partial charge in [-0.05, 0) is 62.3 Å². The third kappa shape index (κ3) is 22.7. The summed E-state index contributed by atoms with van der Waals surface area (Å²) in [5, 5.41) is 0. The monoisotopic (exact) mass is 340 g/mol. The van der Waals surface area contributed by atoms with Crippen molar-refractivity contribution in [1.29, 1.82) is 0 Å². The molecule has 7 heteroatoms. The second-order valence-corrected chi connectivity index (χ2v) is 8.68. The number of hydrogen-bond acceptors (Lipinski definition) is 5. The lowest BCUT2D eigenvalue weighted by Gasteiger charge is -2.24. The number of rotatable bonds is 8. The van der Waals surface area contributed by atoms with E-state index in [-0.39, 0.29) is 11.2 Å². The van der Waals surface area contributed by atoms with Gasteiger partial charge in [0.05, 0.1) is 0 Å². The SMILES string of the molecule is CC(C)(C)O[SiH2]OC(C)(C)C.CCO[SiH](OCC)OCC. The summed E-state index contributed by atoms with van der Waals surface area (Å²) in [6.45, 7) is 20.1. The Labute approximate surface area is 135 Å². The Hall–Kier alpha value is 0.234. The number of hydrogen-bond donors (Lipinski definition) is 0. The second-order valence-electron chi connectivity index (χ2n) is 6.29. The van der Waals surface area contributed by atoms with Gasteiger partial charge in [0.15, 0.2) is 0 Å². The molecule has 5 nitrogen and oxygen atoms in total. The van der Waals surface area contributed by atoms with E-state index in [0.717, 1.165) is 0 Å². The van der Waals surface area contributed by atoms with E-state index in [1.807, 2.05) is 62.3 Å². The summed E-state index contributed by atoms with van der Waals surface area (Å²) >= 11 is 0. The maximum absolute atomic E-state index is 5.52. The highest BCUT2D eigenvalue weighted by Crippen LogP contribution is 2.09. The minimum Gasteiger partial charge on any atom is -0.394 e. The molecule has 0 aliphatic carbocycles. The van der Waals surface area contributed by atoms with Gasteiger partial charge < -0.3 is 22.1 Å². The highest BCUT2D eigenvalue weighted by molar-refractivity contribution is 6.36. The lowest BCUT2D eigenvalue weighted by molar-refractivity contribution is 0.0510. The van der Waals surface area contributed by atoms with E-state index in [1.165, 1.54) is 0 Å². The fourth-order valence-corrected chi connectivity index (χ4v) is 2.81. The van der Waals surface area contributed by atoms with Crippen LogP contribution in [0.5, 0.6) is 0 Å². The summed E-state index contributed by atoms with van der Waals surface area (Å²) in [6.07, 6.45) is 0. The Morgan fingerprint density at radius 3 is 1.14 bits per heavy atom. The van der Waals surface area contributed by atoms with Crippen molar-refractivity contribution in [2.75, 3.05) is 19.8 Å². The summed E-state index contributed by atoms with van der Waals surface area (Å²) in [4.78, 5) is 0. The zero-order valence-corrected chi connectivity index (χ0v) is 18.0. The molecule has 0 saturated heterocycles. The summed E-state index contributed by atoms with van der Waals surface area (Å²) in [5.74, 6) is 0. The van der Waals surface area contributed by atoms with Gasteiger partial charge in [0.2, 0.25) is 0 Å². The molecule has 0 spiro atoms. The Balaban J connectivity index is 0. The van der Waals surface area contributed by atoms with Crippen molar-refractivity contribution in [2.45, 2.75) is 73.5 Å². The third-order valence-electron chi connectivity index (χ3n) is 1.89. The van der Waals surface area contributed by atoms with E-state index < -0.39 is 19.5 Å². The molecule has 0 N–H and O–H groups in total. The van der Waals surface area contributed by atoms with Gasteiger partial charge in [-0.15, -0.1) is 0 Å². The minimum absolute atomic E-state index is 0.0442. The van der Waals surface area contributed by atoms with Crippen LogP contribution < -0.4 is 0 Å². The standard InChI is InChI=1S/C8H20O2Si.C6H16O3Si/c1-7(2,3)9-11-10-8(4,5)6;1-4-7-10(8-5-2)9-6-3/h11H2,1-6H3;10H,4-6H2,1-3H3. The van der Waals surface area contributed by atoms with Gasteiger partial charge >= 0.3 is 19.5 Å². The van der Waals surface area contributed by atoms with Crippen LogP contribution >= 0.6 is 0 Å². The lowest BCUT2D eigenvalue weighted by Crippen LogP contribution is -2.29. The first-order valence-corrected chi connectivity index (χ1v) is 10.2. The van der Waals surface area contributed by atoms with Gasteiger partial charge in [-0.1, -0.05) is 0 Å². The summed E-state index contributed by atoms with van der Waals surface area (Å²) in [6, 6.07) is 0. The first-order chi connectivity index (χ1) is 9.55. The topological polar surface area (TPSA) is 46.2 Å². The Morgan fingerprint density at radius 2 is 0.952 bits per heavy atom. The van der Waals surface area contributed by atoms with E-state index in [1.54, 1.807) is 0 Å². The maximum atomic E-state index is 5.52. The van der Waals surface area contributed by atoms with Gasteiger partial charge in [0.25, 0.3) is 0 Å². The van der Waals surface area contributed by atoms with Crippen molar-refractivity contribution in [2.24, 2.45) is 0 Å². The van der Waals surface area contributed by atoms with Crippen molar-refractivity contribution in [1.82, 2.24) is 0 Å².